The van der Waals surface area contributed by atoms with Crippen LogP contribution < -0.4 is 5.32 Å². The predicted molar refractivity (Wildman–Crippen MR) is 82.3 cm³/mol. The molecule has 0 saturated carbocycles. The van der Waals surface area contributed by atoms with E-state index in [-0.39, 0.29) is 25.0 Å². The highest BCUT2D eigenvalue weighted by atomic mass is 16.4. The van der Waals surface area contributed by atoms with Gasteiger partial charge in [-0.25, -0.2) is 4.79 Å². The van der Waals surface area contributed by atoms with Crippen LogP contribution in [-0.2, 0) is 4.79 Å². The normalized spacial score (nSPS) is 17.0. The lowest BCUT2D eigenvalue weighted by atomic mass is 9.97. The first kappa shape index (κ1) is 17.8. The van der Waals surface area contributed by atoms with E-state index in [1.54, 1.807) is 4.90 Å². The van der Waals surface area contributed by atoms with E-state index in [4.69, 9.17) is 5.11 Å². The quantitative estimate of drug-likeness (QED) is 0.749. The van der Waals surface area contributed by atoms with Crippen molar-refractivity contribution in [3.05, 3.63) is 0 Å². The molecule has 1 fully saturated rings. The number of amides is 2. The average molecular weight is 299 g/mol. The molecule has 0 atom stereocenters. The third-order valence-electron chi connectivity index (χ3n) is 4.15. The third kappa shape index (κ3) is 6.33. The van der Waals surface area contributed by atoms with E-state index in [9.17, 15) is 9.59 Å². The molecular formula is C15H29N3O3. The minimum absolute atomic E-state index is 0.00582. The highest BCUT2D eigenvalue weighted by Crippen LogP contribution is 2.16. The molecule has 0 spiro atoms. The van der Waals surface area contributed by atoms with Gasteiger partial charge in [-0.2, -0.15) is 0 Å². The van der Waals surface area contributed by atoms with Gasteiger partial charge in [0, 0.05) is 19.1 Å². The van der Waals surface area contributed by atoms with Gasteiger partial charge < -0.3 is 20.2 Å². The van der Waals surface area contributed by atoms with Crippen LogP contribution in [0.4, 0.5) is 4.79 Å². The number of carboxylic acid groups (broad SMARTS) is 1. The molecule has 1 aliphatic heterocycles. The first-order chi connectivity index (χ1) is 9.93. The van der Waals surface area contributed by atoms with Crippen LogP contribution >= 0.6 is 0 Å². The van der Waals surface area contributed by atoms with Gasteiger partial charge in [0.25, 0.3) is 0 Å². The van der Waals surface area contributed by atoms with Crippen molar-refractivity contribution in [1.29, 1.82) is 0 Å². The molecule has 1 heterocycles. The van der Waals surface area contributed by atoms with Gasteiger partial charge in [0.05, 0.1) is 6.42 Å². The lowest BCUT2D eigenvalue weighted by Gasteiger charge is -2.32. The first-order valence-electron chi connectivity index (χ1n) is 7.92. The number of hydrogen-bond donors (Lipinski definition) is 2. The number of carboxylic acids is 1. The molecule has 21 heavy (non-hydrogen) atoms. The summed E-state index contributed by atoms with van der Waals surface area (Å²) in [5.74, 6) is -0.342. The van der Waals surface area contributed by atoms with Crippen LogP contribution in [0.15, 0.2) is 0 Å². The van der Waals surface area contributed by atoms with Gasteiger partial charge >= 0.3 is 12.0 Å². The molecule has 1 saturated heterocycles. The molecule has 0 bridgehead atoms. The summed E-state index contributed by atoms with van der Waals surface area (Å²) in [6.45, 7) is 10.2. The van der Waals surface area contributed by atoms with E-state index in [1.807, 2.05) is 13.8 Å². The maximum absolute atomic E-state index is 12.2. The van der Waals surface area contributed by atoms with Crippen molar-refractivity contribution in [2.75, 3.05) is 32.7 Å². The average Bonchev–Trinajstić information content (AvgIpc) is 2.45. The maximum atomic E-state index is 12.2. The van der Waals surface area contributed by atoms with Gasteiger partial charge in [0.15, 0.2) is 0 Å². The SMILES string of the molecule is CCN1CCC(CNC(=O)N(CCC(=O)O)C(C)C)CC1. The van der Waals surface area contributed by atoms with Gasteiger partial charge in [-0.15, -0.1) is 0 Å². The van der Waals surface area contributed by atoms with Crippen LogP contribution in [0.5, 0.6) is 0 Å². The van der Waals surface area contributed by atoms with Crippen LogP contribution in [0, 0.1) is 5.92 Å². The lowest BCUT2D eigenvalue weighted by molar-refractivity contribution is -0.137. The molecule has 6 nitrogen and oxygen atoms in total. The Morgan fingerprint density at radius 2 is 1.95 bits per heavy atom. The monoisotopic (exact) mass is 299 g/mol. The molecular weight excluding hydrogens is 270 g/mol. The molecule has 1 rings (SSSR count). The fourth-order valence-electron chi connectivity index (χ4n) is 2.65. The summed E-state index contributed by atoms with van der Waals surface area (Å²) >= 11 is 0. The summed E-state index contributed by atoms with van der Waals surface area (Å²) in [6, 6.07) is -0.143. The highest BCUT2D eigenvalue weighted by Gasteiger charge is 2.21. The van der Waals surface area contributed by atoms with E-state index in [1.165, 1.54) is 0 Å². The minimum atomic E-state index is -0.875. The number of aliphatic carboxylic acids is 1. The summed E-state index contributed by atoms with van der Waals surface area (Å²) in [4.78, 5) is 26.8. The number of nitrogens with zero attached hydrogens (tertiary/aromatic N) is 2. The number of hydrogen-bond acceptors (Lipinski definition) is 3. The zero-order valence-electron chi connectivity index (χ0n) is 13.5. The Morgan fingerprint density at radius 1 is 1.33 bits per heavy atom. The van der Waals surface area contributed by atoms with Gasteiger partial charge in [0.2, 0.25) is 0 Å². The van der Waals surface area contributed by atoms with E-state index in [2.05, 4.69) is 17.1 Å². The fraction of sp³-hybridized carbons (Fsp3) is 0.867. The van der Waals surface area contributed by atoms with Crippen LogP contribution in [-0.4, -0.2) is 65.7 Å². The second kappa shape index (κ2) is 8.87. The Hall–Kier alpha value is -1.30. The molecule has 6 heteroatoms. The number of piperidine rings is 1. The molecule has 1 aliphatic rings. The largest absolute Gasteiger partial charge is 0.481 e. The van der Waals surface area contributed by atoms with Crippen LogP contribution in [0.3, 0.4) is 0 Å². The van der Waals surface area contributed by atoms with Crippen molar-refractivity contribution in [2.45, 2.75) is 46.1 Å². The molecule has 0 aromatic carbocycles. The summed E-state index contributed by atoms with van der Waals surface area (Å²) < 4.78 is 0. The summed E-state index contributed by atoms with van der Waals surface area (Å²) in [7, 11) is 0. The summed E-state index contributed by atoms with van der Waals surface area (Å²) in [5.41, 5.74) is 0. The van der Waals surface area contributed by atoms with E-state index in [0.717, 1.165) is 32.5 Å². The zero-order valence-corrected chi connectivity index (χ0v) is 13.5. The van der Waals surface area contributed by atoms with Gasteiger partial charge in [-0.05, 0) is 52.2 Å². The number of urea groups is 1. The minimum Gasteiger partial charge on any atom is -0.481 e. The predicted octanol–water partition coefficient (Wildman–Crippen LogP) is 1.61. The fourth-order valence-corrected chi connectivity index (χ4v) is 2.65. The second-order valence-corrected chi connectivity index (χ2v) is 5.99. The molecule has 0 aliphatic carbocycles. The van der Waals surface area contributed by atoms with E-state index in [0.29, 0.717) is 12.5 Å². The van der Waals surface area contributed by atoms with Gasteiger partial charge in [0.1, 0.15) is 0 Å². The van der Waals surface area contributed by atoms with Crippen molar-refractivity contribution in [3.63, 3.8) is 0 Å². The molecule has 0 radical (unpaired) electrons. The molecule has 0 aromatic heterocycles. The highest BCUT2D eigenvalue weighted by molar-refractivity contribution is 5.75. The first-order valence-corrected chi connectivity index (χ1v) is 7.92. The Bertz CT molecular complexity index is 339. The third-order valence-corrected chi connectivity index (χ3v) is 4.15. The Labute approximate surface area is 127 Å². The van der Waals surface area contributed by atoms with Crippen molar-refractivity contribution in [3.8, 4) is 0 Å². The van der Waals surface area contributed by atoms with Crippen LogP contribution in [0.2, 0.25) is 0 Å². The maximum Gasteiger partial charge on any atom is 0.317 e. The number of likely N-dealkylation sites (tertiary alicyclic amines) is 1. The molecule has 0 aromatic rings. The lowest BCUT2D eigenvalue weighted by Crippen LogP contribution is -2.47. The van der Waals surface area contributed by atoms with Crippen molar-refractivity contribution >= 4 is 12.0 Å². The van der Waals surface area contributed by atoms with Crippen LogP contribution in [0.1, 0.15) is 40.0 Å². The number of rotatable bonds is 7. The van der Waals surface area contributed by atoms with E-state index < -0.39 is 5.97 Å². The Kier molecular flexibility index (Phi) is 7.50. The van der Waals surface area contributed by atoms with Crippen molar-refractivity contribution in [1.82, 2.24) is 15.1 Å². The molecule has 0 unspecified atom stereocenters. The summed E-state index contributed by atoms with van der Waals surface area (Å²) in [6.07, 6.45) is 2.22. The van der Waals surface area contributed by atoms with Gasteiger partial charge in [-0.1, -0.05) is 6.92 Å². The molecule has 2 N–H and O–H groups in total. The van der Waals surface area contributed by atoms with Crippen molar-refractivity contribution < 1.29 is 14.7 Å². The Balaban J connectivity index is 2.34. The van der Waals surface area contributed by atoms with Gasteiger partial charge in [-0.3, -0.25) is 4.79 Å². The summed E-state index contributed by atoms with van der Waals surface area (Å²) in [5, 5.41) is 11.7. The zero-order chi connectivity index (χ0) is 15.8. The molecule has 122 valence electrons. The number of carbonyl (C=O) groups is 2. The standard InChI is InChI=1S/C15H29N3O3/c1-4-17-8-5-13(6-9-17)11-16-15(21)18(12(2)3)10-7-14(19)20/h12-13H,4-11H2,1-3H3,(H,16,21)(H,19,20). The molecule has 2 amide bonds. The smallest absolute Gasteiger partial charge is 0.317 e. The Morgan fingerprint density at radius 3 is 2.43 bits per heavy atom. The number of carbonyl (C=O) groups excluding carboxylic acids is 1. The topological polar surface area (TPSA) is 72.9 Å². The van der Waals surface area contributed by atoms with Crippen molar-refractivity contribution in [2.24, 2.45) is 5.92 Å². The van der Waals surface area contributed by atoms with Crippen LogP contribution in [0.25, 0.3) is 0 Å². The second-order valence-electron chi connectivity index (χ2n) is 5.99. The number of nitrogens with one attached hydrogen (secondary N) is 1. The van der Waals surface area contributed by atoms with E-state index >= 15 is 0 Å².